The minimum Gasteiger partial charge on any atom is -0.421 e. The maximum Gasteiger partial charge on any atom is 0.328 e. The molecule has 0 bridgehead atoms. The van der Waals surface area contributed by atoms with Crippen molar-refractivity contribution < 1.29 is 9.13 Å². The molecule has 21 heavy (non-hydrogen) atoms. The summed E-state index contributed by atoms with van der Waals surface area (Å²) in [5.41, 5.74) is 0. The molecule has 0 amide bonds. The molecule has 6 nitrogen and oxygen atoms in total. The van der Waals surface area contributed by atoms with Crippen molar-refractivity contribution in [3.63, 3.8) is 0 Å². The van der Waals surface area contributed by atoms with Gasteiger partial charge >= 0.3 is 6.01 Å². The predicted octanol–water partition coefficient (Wildman–Crippen LogP) is 3.06. The SMILES string of the molecule is CCNc1nc(Oc2ccc(Br)cc2F)nc(N(C)C)n1. The zero-order chi connectivity index (χ0) is 15.4. The third-order valence-corrected chi connectivity index (χ3v) is 2.93. The fraction of sp³-hybridized carbons (Fsp3) is 0.308. The van der Waals surface area contributed by atoms with Gasteiger partial charge in [0.2, 0.25) is 11.9 Å². The number of hydrogen-bond donors (Lipinski definition) is 1. The van der Waals surface area contributed by atoms with Crippen LogP contribution in [-0.4, -0.2) is 35.6 Å². The fourth-order valence-electron chi connectivity index (χ4n) is 1.49. The van der Waals surface area contributed by atoms with Crippen LogP contribution in [0.15, 0.2) is 22.7 Å². The van der Waals surface area contributed by atoms with E-state index < -0.39 is 5.82 Å². The number of halogens is 2. The van der Waals surface area contributed by atoms with Gasteiger partial charge in [-0.25, -0.2) is 4.39 Å². The second-order valence-corrected chi connectivity index (χ2v) is 5.26. The molecule has 1 heterocycles. The second-order valence-electron chi connectivity index (χ2n) is 4.34. The van der Waals surface area contributed by atoms with Crippen LogP contribution in [0.3, 0.4) is 0 Å². The minimum atomic E-state index is -0.499. The molecule has 2 rings (SSSR count). The summed E-state index contributed by atoms with van der Waals surface area (Å²) in [6, 6.07) is 4.53. The van der Waals surface area contributed by atoms with E-state index >= 15 is 0 Å². The van der Waals surface area contributed by atoms with Crippen LogP contribution in [0.4, 0.5) is 16.3 Å². The van der Waals surface area contributed by atoms with Crippen molar-refractivity contribution in [1.29, 1.82) is 0 Å². The molecule has 0 aliphatic carbocycles. The Morgan fingerprint density at radius 2 is 2.05 bits per heavy atom. The molecule has 1 N–H and O–H groups in total. The summed E-state index contributed by atoms with van der Waals surface area (Å²) >= 11 is 3.19. The van der Waals surface area contributed by atoms with Gasteiger partial charge in [0.25, 0.3) is 0 Å². The standard InChI is InChI=1S/C13H15BrFN5O/c1-4-16-11-17-12(20(2)3)19-13(18-11)21-10-6-5-8(14)7-9(10)15/h5-7H,4H2,1-3H3,(H,16,17,18,19). The average Bonchev–Trinajstić information content (AvgIpc) is 2.42. The van der Waals surface area contributed by atoms with Crippen LogP contribution < -0.4 is 15.0 Å². The van der Waals surface area contributed by atoms with Crippen LogP contribution >= 0.6 is 15.9 Å². The molecule has 0 aliphatic rings. The van der Waals surface area contributed by atoms with Gasteiger partial charge in [0.15, 0.2) is 11.6 Å². The van der Waals surface area contributed by atoms with Gasteiger partial charge < -0.3 is 15.0 Å². The Morgan fingerprint density at radius 3 is 2.67 bits per heavy atom. The average molecular weight is 356 g/mol. The first-order valence-corrected chi connectivity index (χ1v) is 7.09. The monoisotopic (exact) mass is 355 g/mol. The normalized spacial score (nSPS) is 10.3. The van der Waals surface area contributed by atoms with E-state index in [1.165, 1.54) is 12.1 Å². The molecule has 0 spiro atoms. The lowest BCUT2D eigenvalue weighted by atomic mass is 10.3. The Hall–Kier alpha value is -1.96. The van der Waals surface area contributed by atoms with Gasteiger partial charge in [-0.2, -0.15) is 15.0 Å². The third kappa shape index (κ3) is 4.01. The zero-order valence-electron chi connectivity index (χ0n) is 11.9. The van der Waals surface area contributed by atoms with Crippen molar-refractivity contribution in [3.8, 4) is 11.8 Å². The molecule has 0 fully saturated rings. The predicted molar refractivity (Wildman–Crippen MR) is 82.5 cm³/mol. The Bertz CT molecular complexity index is 638. The van der Waals surface area contributed by atoms with Crippen molar-refractivity contribution in [1.82, 2.24) is 15.0 Å². The highest BCUT2D eigenvalue weighted by molar-refractivity contribution is 9.10. The van der Waals surface area contributed by atoms with Gasteiger partial charge in [-0.15, -0.1) is 0 Å². The highest BCUT2D eigenvalue weighted by Gasteiger charge is 2.12. The van der Waals surface area contributed by atoms with Gasteiger partial charge in [0, 0.05) is 25.1 Å². The number of nitrogens with one attached hydrogen (secondary N) is 1. The molecular formula is C13H15BrFN5O. The lowest BCUT2D eigenvalue weighted by Crippen LogP contribution is -2.15. The molecule has 8 heteroatoms. The molecule has 0 saturated heterocycles. The van der Waals surface area contributed by atoms with Gasteiger partial charge in [-0.3, -0.25) is 0 Å². The van der Waals surface area contributed by atoms with E-state index in [4.69, 9.17) is 4.74 Å². The lowest BCUT2D eigenvalue weighted by molar-refractivity contribution is 0.410. The van der Waals surface area contributed by atoms with E-state index in [1.807, 2.05) is 6.92 Å². The molecule has 1 aromatic heterocycles. The summed E-state index contributed by atoms with van der Waals surface area (Å²) in [7, 11) is 3.60. The van der Waals surface area contributed by atoms with E-state index in [-0.39, 0.29) is 11.8 Å². The highest BCUT2D eigenvalue weighted by Crippen LogP contribution is 2.26. The van der Waals surface area contributed by atoms with Gasteiger partial charge in [0.05, 0.1) is 0 Å². The largest absolute Gasteiger partial charge is 0.421 e. The van der Waals surface area contributed by atoms with E-state index in [9.17, 15) is 4.39 Å². The Morgan fingerprint density at radius 1 is 1.29 bits per heavy atom. The van der Waals surface area contributed by atoms with Crippen molar-refractivity contribution in [2.24, 2.45) is 0 Å². The molecule has 0 atom stereocenters. The number of rotatable bonds is 5. The van der Waals surface area contributed by atoms with Crippen LogP contribution in [-0.2, 0) is 0 Å². The highest BCUT2D eigenvalue weighted by atomic mass is 79.9. The first kappa shape index (κ1) is 15.4. The molecule has 0 saturated carbocycles. The van der Waals surface area contributed by atoms with Gasteiger partial charge in [-0.05, 0) is 25.1 Å². The summed E-state index contributed by atoms with van der Waals surface area (Å²) < 4.78 is 19.8. The fourth-order valence-corrected chi connectivity index (χ4v) is 1.82. The summed E-state index contributed by atoms with van der Waals surface area (Å²) in [6.07, 6.45) is 0. The lowest BCUT2D eigenvalue weighted by Gasteiger charge is -2.13. The van der Waals surface area contributed by atoms with Gasteiger partial charge in [-0.1, -0.05) is 15.9 Å². The molecule has 1 aromatic carbocycles. The third-order valence-electron chi connectivity index (χ3n) is 2.43. The second kappa shape index (κ2) is 6.66. The van der Waals surface area contributed by atoms with E-state index in [0.717, 1.165) is 0 Å². The molecular weight excluding hydrogens is 341 g/mol. The van der Waals surface area contributed by atoms with Crippen molar-refractivity contribution in [3.05, 3.63) is 28.5 Å². The summed E-state index contributed by atoms with van der Waals surface area (Å²) in [5.74, 6) is 0.356. The molecule has 2 aromatic rings. The topological polar surface area (TPSA) is 63.2 Å². The first-order valence-electron chi connectivity index (χ1n) is 6.29. The maximum absolute atomic E-state index is 13.8. The maximum atomic E-state index is 13.8. The van der Waals surface area contributed by atoms with E-state index in [1.54, 1.807) is 25.1 Å². The van der Waals surface area contributed by atoms with Crippen molar-refractivity contribution in [2.45, 2.75) is 6.92 Å². The van der Waals surface area contributed by atoms with Crippen LogP contribution in [0.1, 0.15) is 6.92 Å². The quantitative estimate of drug-likeness (QED) is 0.889. The molecule has 0 unspecified atom stereocenters. The molecule has 0 aliphatic heterocycles. The number of anilines is 2. The number of ether oxygens (including phenoxy) is 1. The smallest absolute Gasteiger partial charge is 0.328 e. The number of benzene rings is 1. The Balaban J connectivity index is 2.33. The summed E-state index contributed by atoms with van der Waals surface area (Å²) in [5, 5.41) is 2.98. The molecule has 0 radical (unpaired) electrons. The van der Waals surface area contributed by atoms with Crippen LogP contribution in [0.25, 0.3) is 0 Å². The Kier molecular flexibility index (Phi) is 4.89. The zero-order valence-corrected chi connectivity index (χ0v) is 13.5. The first-order chi connectivity index (χ1) is 9.99. The van der Waals surface area contributed by atoms with Crippen molar-refractivity contribution in [2.75, 3.05) is 30.9 Å². The number of aromatic nitrogens is 3. The van der Waals surface area contributed by atoms with Crippen LogP contribution in [0, 0.1) is 5.82 Å². The van der Waals surface area contributed by atoms with Crippen LogP contribution in [0.5, 0.6) is 11.8 Å². The number of hydrogen-bond acceptors (Lipinski definition) is 6. The van der Waals surface area contributed by atoms with Crippen molar-refractivity contribution >= 4 is 27.8 Å². The summed E-state index contributed by atoms with van der Waals surface area (Å²) in [4.78, 5) is 14.2. The minimum absolute atomic E-state index is 0.0332. The summed E-state index contributed by atoms with van der Waals surface area (Å²) in [6.45, 7) is 2.58. The molecule has 112 valence electrons. The van der Waals surface area contributed by atoms with E-state index in [0.29, 0.717) is 22.9 Å². The van der Waals surface area contributed by atoms with Gasteiger partial charge in [0.1, 0.15) is 0 Å². The Labute approximate surface area is 130 Å². The van der Waals surface area contributed by atoms with E-state index in [2.05, 4.69) is 36.2 Å². The number of nitrogens with zero attached hydrogens (tertiary/aromatic N) is 4. The van der Waals surface area contributed by atoms with Crippen LogP contribution in [0.2, 0.25) is 0 Å².